The van der Waals surface area contributed by atoms with E-state index in [4.69, 9.17) is 4.74 Å². The summed E-state index contributed by atoms with van der Waals surface area (Å²) in [5, 5.41) is 0. The van der Waals surface area contributed by atoms with Gasteiger partial charge >= 0.3 is 0 Å². The lowest BCUT2D eigenvalue weighted by atomic mass is 10.1. The normalized spacial score (nSPS) is 10.0. The van der Waals surface area contributed by atoms with Crippen LogP contribution < -0.4 is 4.74 Å². The van der Waals surface area contributed by atoms with Crippen LogP contribution in [0, 0.1) is 9.39 Å². The second kappa shape index (κ2) is 4.72. The highest BCUT2D eigenvalue weighted by atomic mass is 127. The Morgan fingerprint density at radius 2 is 2.21 bits per heavy atom. The highest BCUT2D eigenvalue weighted by molar-refractivity contribution is 14.1. The van der Waals surface area contributed by atoms with Gasteiger partial charge < -0.3 is 4.74 Å². The number of carbonyl (C=O) groups is 1. The van der Waals surface area contributed by atoms with Crippen molar-refractivity contribution in [1.29, 1.82) is 0 Å². The van der Waals surface area contributed by atoms with Crippen LogP contribution in [0.1, 0.15) is 24.2 Å². The number of ketones is 1. The summed E-state index contributed by atoms with van der Waals surface area (Å²) in [7, 11) is 0. The van der Waals surface area contributed by atoms with Gasteiger partial charge in [-0.15, -0.1) is 0 Å². The average molecular weight is 308 g/mol. The number of benzene rings is 1. The molecule has 0 radical (unpaired) electrons. The summed E-state index contributed by atoms with van der Waals surface area (Å²) in [6.07, 6.45) is 0. The Hall–Kier alpha value is -0.650. The molecule has 14 heavy (non-hydrogen) atoms. The van der Waals surface area contributed by atoms with Crippen LogP contribution in [0.3, 0.4) is 0 Å². The highest BCUT2D eigenvalue weighted by Gasteiger charge is 2.12. The zero-order valence-corrected chi connectivity index (χ0v) is 10.1. The molecule has 0 N–H and O–H groups in total. The van der Waals surface area contributed by atoms with E-state index in [0.29, 0.717) is 21.5 Å². The molecule has 1 rings (SSSR count). The van der Waals surface area contributed by atoms with Crippen LogP contribution in [-0.4, -0.2) is 12.4 Å². The van der Waals surface area contributed by atoms with Crippen LogP contribution in [0.5, 0.6) is 5.75 Å². The van der Waals surface area contributed by atoms with E-state index in [-0.39, 0.29) is 11.6 Å². The molecule has 0 aliphatic heterocycles. The fraction of sp³-hybridized carbons (Fsp3) is 0.300. The molecule has 0 bridgehead atoms. The summed E-state index contributed by atoms with van der Waals surface area (Å²) in [5.74, 6) is -0.164. The summed E-state index contributed by atoms with van der Waals surface area (Å²) in [6, 6.07) is 2.76. The van der Waals surface area contributed by atoms with Crippen molar-refractivity contribution in [2.24, 2.45) is 0 Å². The van der Waals surface area contributed by atoms with E-state index in [1.54, 1.807) is 6.92 Å². The molecular weight excluding hydrogens is 298 g/mol. The highest BCUT2D eigenvalue weighted by Crippen LogP contribution is 2.24. The average Bonchev–Trinajstić information content (AvgIpc) is 2.11. The number of Topliss-reactive ketones (excluding diaryl/α,β-unsaturated/α-hetero) is 1. The molecule has 0 aliphatic carbocycles. The van der Waals surface area contributed by atoms with Gasteiger partial charge in [0.1, 0.15) is 11.6 Å². The number of hydrogen-bond donors (Lipinski definition) is 0. The molecule has 76 valence electrons. The molecule has 0 unspecified atom stereocenters. The molecule has 0 heterocycles. The first-order valence-corrected chi connectivity index (χ1v) is 5.27. The van der Waals surface area contributed by atoms with Crippen molar-refractivity contribution in [1.82, 2.24) is 0 Å². The van der Waals surface area contributed by atoms with E-state index < -0.39 is 0 Å². The van der Waals surface area contributed by atoms with Crippen molar-refractivity contribution in [2.45, 2.75) is 13.8 Å². The molecule has 1 aromatic rings. The number of halogens is 2. The van der Waals surface area contributed by atoms with Gasteiger partial charge in [-0.3, -0.25) is 4.79 Å². The zero-order chi connectivity index (χ0) is 10.7. The van der Waals surface area contributed by atoms with E-state index in [1.165, 1.54) is 19.1 Å². The van der Waals surface area contributed by atoms with Crippen molar-refractivity contribution < 1.29 is 13.9 Å². The first kappa shape index (κ1) is 11.4. The summed E-state index contributed by atoms with van der Waals surface area (Å²) in [4.78, 5) is 11.2. The number of carbonyl (C=O) groups excluding carboxylic acids is 1. The van der Waals surface area contributed by atoms with Gasteiger partial charge in [-0.1, -0.05) is 0 Å². The fourth-order valence-corrected chi connectivity index (χ4v) is 1.55. The third-order valence-corrected chi connectivity index (χ3v) is 2.53. The lowest BCUT2D eigenvalue weighted by molar-refractivity contribution is 0.101. The largest absolute Gasteiger partial charge is 0.493 e. The second-order valence-corrected chi connectivity index (χ2v) is 3.91. The summed E-state index contributed by atoms with van der Waals surface area (Å²) in [6.45, 7) is 3.64. The topological polar surface area (TPSA) is 26.3 Å². The Balaban J connectivity index is 3.24. The van der Waals surface area contributed by atoms with Crippen LogP contribution >= 0.6 is 22.6 Å². The number of rotatable bonds is 3. The lowest BCUT2D eigenvalue weighted by Gasteiger charge is -2.08. The maximum atomic E-state index is 13.1. The van der Waals surface area contributed by atoms with E-state index in [2.05, 4.69) is 0 Å². The maximum absolute atomic E-state index is 13.1. The SMILES string of the molecule is CCOc1cc(F)c(I)cc1C(C)=O. The molecule has 0 saturated heterocycles. The maximum Gasteiger partial charge on any atom is 0.163 e. The fourth-order valence-electron chi connectivity index (χ4n) is 1.08. The summed E-state index contributed by atoms with van der Waals surface area (Å²) in [5.41, 5.74) is 0.428. The molecule has 0 aliphatic rings. The summed E-state index contributed by atoms with van der Waals surface area (Å²) >= 11 is 1.85. The van der Waals surface area contributed by atoms with Crippen LogP contribution in [0.25, 0.3) is 0 Å². The van der Waals surface area contributed by atoms with Gasteiger partial charge in [-0.25, -0.2) is 4.39 Å². The van der Waals surface area contributed by atoms with Crippen molar-refractivity contribution in [3.8, 4) is 5.75 Å². The molecular formula is C10H10FIO2. The van der Waals surface area contributed by atoms with E-state index in [0.717, 1.165) is 0 Å². The quantitative estimate of drug-likeness (QED) is 0.634. The van der Waals surface area contributed by atoms with E-state index in [1.807, 2.05) is 22.6 Å². The van der Waals surface area contributed by atoms with Gasteiger partial charge in [0.2, 0.25) is 0 Å². The molecule has 0 amide bonds. The zero-order valence-electron chi connectivity index (χ0n) is 7.93. The molecule has 0 aromatic heterocycles. The van der Waals surface area contributed by atoms with Crippen LogP contribution in [0.15, 0.2) is 12.1 Å². The predicted molar refractivity (Wildman–Crippen MR) is 60.3 cm³/mol. The number of hydrogen-bond acceptors (Lipinski definition) is 2. The second-order valence-electron chi connectivity index (χ2n) is 2.75. The van der Waals surface area contributed by atoms with Crippen molar-refractivity contribution in [3.63, 3.8) is 0 Å². The van der Waals surface area contributed by atoms with Crippen LogP contribution in [0.2, 0.25) is 0 Å². The standard InChI is InChI=1S/C10H10FIO2/c1-3-14-10-5-8(11)9(12)4-7(10)6(2)13/h4-5H,3H2,1-2H3. The first-order chi connectivity index (χ1) is 6.56. The molecule has 1 aromatic carbocycles. The minimum atomic E-state index is -0.362. The molecule has 0 spiro atoms. The summed E-state index contributed by atoms with van der Waals surface area (Å²) < 4.78 is 18.7. The van der Waals surface area contributed by atoms with Crippen molar-refractivity contribution >= 4 is 28.4 Å². The van der Waals surface area contributed by atoms with Crippen LogP contribution in [-0.2, 0) is 0 Å². The molecule has 0 atom stereocenters. The predicted octanol–water partition coefficient (Wildman–Crippen LogP) is 3.03. The van der Waals surface area contributed by atoms with Gasteiger partial charge in [-0.05, 0) is 42.5 Å². The van der Waals surface area contributed by atoms with E-state index in [9.17, 15) is 9.18 Å². The van der Waals surface area contributed by atoms with Gasteiger partial charge in [0, 0.05) is 9.64 Å². The van der Waals surface area contributed by atoms with E-state index >= 15 is 0 Å². The Bertz CT molecular complexity index is 363. The van der Waals surface area contributed by atoms with Gasteiger partial charge in [0.15, 0.2) is 5.78 Å². The number of ether oxygens (including phenoxy) is 1. The smallest absolute Gasteiger partial charge is 0.163 e. The van der Waals surface area contributed by atoms with Gasteiger partial charge in [0.25, 0.3) is 0 Å². The molecule has 0 saturated carbocycles. The van der Waals surface area contributed by atoms with Gasteiger partial charge in [0.05, 0.1) is 12.2 Å². The molecule has 0 fully saturated rings. The minimum Gasteiger partial charge on any atom is -0.493 e. The third kappa shape index (κ3) is 2.43. The first-order valence-electron chi connectivity index (χ1n) is 4.19. The Morgan fingerprint density at radius 1 is 1.57 bits per heavy atom. The monoisotopic (exact) mass is 308 g/mol. The van der Waals surface area contributed by atoms with Crippen LogP contribution in [0.4, 0.5) is 4.39 Å². The molecule has 2 nitrogen and oxygen atoms in total. The molecule has 4 heteroatoms. The van der Waals surface area contributed by atoms with Gasteiger partial charge in [-0.2, -0.15) is 0 Å². The van der Waals surface area contributed by atoms with Crippen molar-refractivity contribution in [3.05, 3.63) is 27.1 Å². The minimum absolute atomic E-state index is 0.119. The third-order valence-electron chi connectivity index (χ3n) is 1.70. The lowest BCUT2D eigenvalue weighted by Crippen LogP contribution is -2.02. The Labute approximate surface area is 95.6 Å². The van der Waals surface area contributed by atoms with Crippen molar-refractivity contribution in [2.75, 3.05) is 6.61 Å². The Kier molecular flexibility index (Phi) is 3.86. The Morgan fingerprint density at radius 3 is 2.71 bits per heavy atom.